The van der Waals surface area contributed by atoms with Crippen molar-refractivity contribution < 1.29 is 4.79 Å². The Hall–Kier alpha value is -2.14. The number of amides is 1. The third-order valence-corrected chi connectivity index (χ3v) is 5.90. The average molecular weight is 446 g/mol. The molecular weight excluding hydrogens is 427 g/mol. The summed E-state index contributed by atoms with van der Waals surface area (Å²) in [4.78, 5) is 19.1. The third kappa shape index (κ3) is 4.10. The molecule has 2 aromatic rings. The first-order valence-electron chi connectivity index (χ1n) is 8.25. The number of nitriles is 1. The van der Waals surface area contributed by atoms with Crippen LogP contribution in [0.4, 0.5) is 5.82 Å². The van der Waals surface area contributed by atoms with Crippen LogP contribution in [-0.4, -0.2) is 30.0 Å². The van der Waals surface area contributed by atoms with Gasteiger partial charge in [-0.15, -0.1) is 0 Å². The maximum absolute atomic E-state index is 12.5. The fourth-order valence-corrected chi connectivity index (χ4v) is 3.58. The predicted molar refractivity (Wildman–Crippen MR) is 106 cm³/mol. The lowest BCUT2D eigenvalue weighted by atomic mass is 10.0. The monoisotopic (exact) mass is 446 g/mol. The fourth-order valence-electron chi connectivity index (χ4n) is 2.98. The van der Waals surface area contributed by atoms with Crippen molar-refractivity contribution in [3.63, 3.8) is 0 Å². The number of hydrogen-bond donors (Lipinski definition) is 1. The molecule has 0 unspecified atom stereocenters. The van der Waals surface area contributed by atoms with E-state index in [9.17, 15) is 4.79 Å². The molecule has 128 valence electrons. The predicted octanol–water partition coefficient (Wildman–Crippen LogP) is 3.27. The van der Waals surface area contributed by atoms with Gasteiger partial charge in [-0.3, -0.25) is 4.79 Å². The second-order valence-corrected chi connectivity index (χ2v) is 7.27. The highest BCUT2D eigenvalue weighted by molar-refractivity contribution is 14.1. The molecule has 0 bridgehead atoms. The highest BCUT2D eigenvalue weighted by Gasteiger charge is 2.22. The summed E-state index contributed by atoms with van der Waals surface area (Å²) in [5.74, 6) is 0.889. The zero-order chi connectivity index (χ0) is 17.8. The SMILES string of the molecule is Cc1cccc(C(=O)NC2CCN(c3ccc(C#N)cn3)CC2)c1I. The molecule has 3 rings (SSSR count). The summed E-state index contributed by atoms with van der Waals surface area (Å²) in [7, 11) is 0. The zero-order valence-corrected chi connectivity index (χ0v) is 16.2. The van der Waals surface area contributed by atoms with Gasteiger partial charge in [0.25, 0.3) is 5.91 Å². The van der Waals surface area contributed by atoms with Crippen LogP contribution >= 0.6 is 22.6 Å². The molecule has 5 nitrogen and oxygen atoms in total. The Labute approximate surface area is 161 Å². The standard InChI is InChI=1S/C19H19IN4O/c1-13-3-2-4-16(18(13)20)19(25)23-15-7-9-24(10-8-15)17-6-5-14(11-21)12-22-17/h2-6,12,15H,7-10H2,1H3,(H,23,25). The molecule has 0 radical (unpaired) electrons. The molecule has 1 fully saturated rings. The van der Waals surface area contributed by atoms with Crippen molar-refractivity contribution in [3.8, 4) is 6.07 Å². The summed E-state index contributed by atoms with van der Waals surface area (Å²) >= 11 is 2.23. The molecule has 1 aliphatic rings. The van der Waals surface area contributed by atoms with E-state index in [4.69, 9.17) is 5.26 Å². The number of halogens is 1. The normalized spacial score (nSPS) is 14.8. The average Bonchev–Trinajstić information content (AvgIpc) is 2.64. The summed E-state index contributed by atoms with van der Waals surface area (Å²) in [6.07, 6.45) is 3.37. The molecule has 0 saturated carbocycles. The van der Waals surface area contributed by atoms with Crippen LogP contribution in [0.15, 0.2) is 36.5 Å². The number of carbonyl (C=O) groups excluding carboxylic acids is 1. The van der Waals surface area contributed by atoms with Crippen LogP contribution in [0.3, 0.4) is 0 Å². The van der Waals surface area contributed by atoms with Crippen LogP contribution in [0.1, 0.15) is 34.3 Å². The van der Waals surface area contributed by atoms with Gasteiger partial charge in [0.15, 0.2) is 0 Å². The minimum Gasteiger partial charge on any atom is -0.356 e. The van der Waals surface area contributed by atoms with Crippen molar-refractivity contribution in [2.24, 2.45) is 0 Å². The number of piperidine rings is 1. The highest BCUT2D eigenvalue weighted by atomic mass is 127. The van der Waals surface area contributed by atoms with E-state index >= 15 is 0 Å². The maximum Gasteiger partial charge on any atom is 0.252 e. The number of nitrogens with one attached hydrogen (secondary N) is 1. The molecular formula is C19H19IN4O. The summed E-state index contributed by atoms with van der Waals surface area (Å²) in [5.41, 5.74) is 2.44. The number of pyridine rings is 1. The molecule has 0 spiro atoms. The van der Waals surface area contributed by atoms with E-state index in [0.717, 1.165) is 46.4 Å². The van der Waals surface area contributed by atoms with Crippen molar-refractivity contribution in [1.82, 2.24) is 10.3 Å². The Bertz CT molecular complexity index is 805. The number of benzene rings is 1. The smallest absolute Gasteiger partial charge is 0.252 e. The minimum atomic E-state index is 0.00282. The summed E-state index contributed by atoms with van der Waals surface area (Å²) < 4.78 is 1.01. The van der Waals surface area contributed by atoms with Gasteiger partial charge >= 0.3 is 0 Å². The second-order valence-electron chi connectivity index (χ2n) is 6.19. The highest BCUT2D eigenvalue weighted by Crippen LogP contribution is 2.20. The van der Waals surface area contributed by atoms with Crippen LogP contribution in [0, 0.1) is 21.8 Å². The first-order valence-corrected chi connectivity index (χ1v) is 9.33. The van der Waals surface area contributed by atoms with Gasteiger partial charge in [0.1, 0.15) is 11.9 Å². The van der Waals surface area contributed by atoms with E-state index in [1.807, 2.05) is 31.2 Å². The van der Waals surface area contributed by atoms with Crippen molar-refractivity contribution >= 4 is 34.3 Å². The fraction of sp³-hybridized carbons (Fsp3) is 0.316. The number of rotatable bonds is 3. The summed E-state index contributed by atoms with van der Waals surface area (Å²) in [5, 5.41) is 12.0. The number of nitrogens with zero attached hydrogens (tertiary/aromatic N) is 3. The van der Waals surface area contributed by atoms with Crippen LogP contribution < -0.4 is 10.2 Å². The number of carbonyl (C=O) groups is 1. The molecule has 25 heavy (non-hydrogen) atoms. The topological polar surface area (TPSA) is 69.0 Å². The molecule has 1 aromatic carbocycles. The molecule has 1 N–H and O–H groups in total. The third-order valence-electron chi connectivity index (χ3n) is 4.47. The number of aromatic nitrogens is 1. The van der Waals surface area contributed by atoms with E-state index in [-0.39, 0.29) is 11.9 Å². The lowest BCUT2D eigenvalue weighted by Gasteiger charge is -2.33. The number of anilines is 1. The first kappa shape index (κ1) is 17.7. The first-order chi connectivity index (χ1) is 12.1. The molecule has 6 heteroatoms. The van der Waals surface area contributed by atoms with Gasteiger partial charge in [-0.05, 0) is 66.1 Å². The maximum atomic E-state index is 12.5. The molecule has 1 aliphatic heterocycles. The Morgan fingerprint density at radius 3 is 2.72 bits per heavy atom. The number of aryl methyl sites for hydroxylation is 1. The summed E-state index contributed by atoms with van der Waals surface area (Å²) in [6, 6.07) is 11.7. The van der Waals surface area contributed by atoms with Crippen LogP contribution in [0.5, 0.6) is 0 Å². The van der Waals surface area contributed by atoms with Crippen LogP contribution in [0.25, 0.3) is 0 Å². The van der Waals surface area contributed by atoms with E-state index in [1.54, 1.807) is 12.3 Å². The molecule has 2 heterocycles. The van der Waals surface area contributed by atoms with Crippen molar-refractivity contribution in [1.29, 1.82) is 5.26 Å². The van der Waals surface area contributed by atoms with Crippen LogP contribution in [0.2, 0.25) is 0 Å². The van der Waals surface area contributed by atoms with Gasteiger partial charge in [-0.2, -0.15) is 5.26 Å². The Morgan fingerprint density at radius 2 is 2.08 bits per heavy atom. The molecule has 1 aromatic heterocycles. The second kappa shape index (κ2) is 7.83. The summed E-state index contributed by atoms with van der Waals surface area (Å²) in [6.45, 7) is 3.70. The van der Waals surface area contributed by atoms with Gasteiger partial charge in [0.2, 0.25) is 0 Å². The van der Waals surface area contributed by atoms with Crippen molar-refractivity contribution in [2.75, 3.05) is 18.0 Å². The minimum absolute atomic E-state index is 0.00282. The Balaban J connectivity index is 1.58. The Morgan fingerprint density at radius 1 is 1.32 bits per heavy atom. The molecule has 0 atom stereocenters. The largest absolute Gasteiger partial charge is 0.356 e. The van der Waals surface area contributed by atoms with Gasteiger partial charge in [0.05, 0.1) is 11.1 Å². The lowest BCUT2D eigenvalue weighted by Crippen LogP contribution is -2.45. The van der Waals surface area contributed by atoms with Gasteiger partial charge in [-0.1, -0.05) is 12.1 Å². The van der Waals surface area contributed by atoms with E-state index in [2.05, 4.69) is 43.9 Å². The molecule has 1 amide bonds. The van der Waals surface area contributed by atoms with E-state index in [1.165, 1.54) is 0 Å². The quantitative estimate of drug-likeness (QED) is 0.736. The Kier molecular flexibility index (Phi) is 5.53. The van der Waals surface area contributed by atoms with Gasteiger partial charge in [-0.25, -0.2) is 4.98 Å². The molecule has 1 saturated heterocycles. The molecule has 0 aliphatic carbocycles. The lowest BCUT2D eigenvalue weighted by molar-refractivity contribution is 0.0930. The number of hydrogen-bond acceptors (Lipinski definition) is 4. The van der Waals surface area contributed by atoms with Gasteiger partial charge < -0.3 is 10.2 Å². The van der Waals surface area contributed by atoms with Crippen LogP contribution in [-0.2, 0) is 0 Å². The van der Waals surface area contributed by atoms with Crippen molar-refractivity contribution in [2.45, 2.75) is 25.8 Å². The van der Waals surface area contributed by atoms with Gasteiger partial charge in [0, 0.05) is 28.9 Å². The van der Waals surface area contributed by atoms with Crippen molar-refractivity contribution in [3.05, 3.63) is 56.8 Å². The van der Waals surface area contributed by atoms with E-state index < -0.39 is 0 Å². The zero-order valence-electron chi connectivity index (χ0n) is 14.0. The van der Waals surface area contributed by atoms with E-state index in [0.29, 0.717) is 5.56 Å².